The van der Waals surface area contributed by atoms with Gasteiger partial charge in [0.15, 0.2) is 0 Å². The van der Waals surface area contributed by atoms with E-state index in [-0.39, 0.29) is 5.09 Å². The van der Waals surface area contributed by atoms with Gasteiger partial charge in [-0.25, -0.2) is 8.42 Å². The number of hydrogen-bond acceptors (Lipinski definition) is 5. The van der Waals surface area contributed by atoms with Gasteiger partial charge in [-0.05, 0) is 42.6 Å². The van der Waals surface area contributed by atoms with Crippen molar-refractivity contribution in [1.29, 1.82) is 0 Å². The molecule has 5 nitrogen and oxygen atoms in total. The Morgan fingerprint density at radius 1 is 1.40 bits per heavy atom. The summed E-state index contributed by atoms with van der Waals surface area (Å²) in [7, 11) is -1.75. The van der Waals surface area contributed by atoms with E-state index in [2.05, 4.69) is 5.32 Å². The van der Waals surface area contributed by atoms with Crippen LogP contribution in [-0.4, -0.2) is 26.3 Å². The van der Waals surface area contributed by atoms with Crippen LogP contribution < -0.4 is 5.32 Å². The Morgan fingerprint density at radius 2 is 2.25 bits per heavy atom. The first kappa shape index (κ1) is 13.8. The molecule has 7 heteroatoms. The summed E-state index contributed by atoms with van der Waals surface area (Å²) in [5.74, 6) is 0.624. The Kier molecular flexibility index (Phi) is 3.68. The van der Waals surface area contributed by atoms with Crippen molar-refractivity contribution in [2.45, 2.75) is 24.6 Å². The molecule has 108 valence electrons. The molecule has 0 unspecified atom stereocenters. The van der Waals surface area contributed by atoms with Crippen LogP contribution in [0, 0.1) is 0 Å². The molecule has 3 heterocycles. The smallest absolute Gasteiger partial charge is 0.276 e. The minimum Gasteiger partial charge on any atom is -0.447 e. The Hall–Kier alpha value is -1.15. The molecule has 3 rings (SSSR count). The Labute approximate surface area is 122 Å². The average molecular weight is 312 g/mol. The van der Waals surface area contributed by atoms with E-state index in [4.69, 9.17) is 4.42 Å². The molecule has 2 aromatic rings. The summed E-state index contributed by atoms with van der Waals surface area (Å²) in [6.07, 6.45) is 0.774. The number of hydrogen-bond donors (Lipinski definition) is 1. The number of rotatable bonds is 4. The van der Waals surface area contributed by atoms with Crippen LogP contribution in [0.5, 0.6) is 0 Å². The fourth-order valence-corrected chi connectivity index (χ4v) is 4.56. The van der Waals surface area contributed by atoms with Gasteiger partial charge in [-0.3, -0.25) is 0 Å². The van der Waals surface area contributed by atoms with Crippen LogP contribution in [0.4, 0.5) is 0 Å². The third kappa shape index (κ3) is 2.42. The standard InChI is InChI=1S/C13H16N2O3S2/c1-14-8-11-2-3-13(18-11)20(16,17)15-6-4-12-10(9-15)5-7-19-12/h2-3,5,7,14H,4,6,8-9H2,1H3. The van der Waals surface area contributed by atoms with E-state index >= 15 is 0 Å². The maximum Gasteiger partial charge on any atom is 0.276 e. The number of nitrogens with zero attached hydrogens (tertiary/aromatic N) is 1. The maximum atomic E-state index is 12.6. The predicted molar refractivity (Wildman–Crippen MR) is 77.1 cm³/mol. The summed E-state index contributed by atoms with van der Waals surface area (Å²) >= 11 is 1.69. The van der Waals surface area contributed by atoms with E-state index in [0.717, 1.165) is 12.0 Å². The molecular formula is C13H16N2O3S2. The summed E-state index contributed by atoms with van der Waals surface area (Å²) in [5, 5.41) is 4.98. The van der Waals surface area contributed by atoms with Crippen molar-refractivity contribution in [3.05, 3.63) is 39.8 Å². The highest BCUT2D eigenvalue weighted by atomic mass is 32.2. The molecule has 0 fully saturated rings. The lowest BCUT2D eigenvalue weighted by Crippen LogP contribution is -2.35. The number of thiophene rings is 1. The highest BCUT2D eigenvalue weighted by molar-refractivity contribution is 7.89. The van der Waals surface area contributed by atoms with Crippen LogP contribution >= 0.6 is 11.3 Å². The van der Waals surface area contributed by atoms with Gasteiger partial charge in [0.05, 0.1) is 6.54 Å². The predicted octanol–water partition coefficient (Wildman–Crippen LogP) is 1.81. The van der Waals surface area contributed by atoms with Crippen LogP contribution in [0.2, 0.25) is 0 Å². The van der Waals surface area contributed by atoms with Crippen molar-refractivity contribution >= 4 is 21.4 Å². The van der Waals surface area contributed by atoms with Crippen LogP contribution in [0.15, 0.2) is 33.1 Å². The van der Waals surface area contributed by atoms with E-state index in [1.165, 1.54) is 15.2 Å². The number of fused-ring (bicyclic) bond motifs is 1. The summed E-state index contributed by atoms with van der Waals surface area (Å²) in [6.45, 7) is 1.46. The second-order valence-corrected chi connectivity index (χ2v) is 7.58. The van der Waals surface area contributed by atoms with Crippen molar-refractivity contribution in [2.75, 3.05) is 13.6 Å². The van der Waals surface area contributed by atoms with Gasteiger partial charge in [0.25, 0.3) is 10.0 Å². The molecule has 0 atom stereocenters. The molecule has 1 aliphatic heterocycles. The lowest BCUT2D eigenvalue weighted by Gasteiger charge is -2.25. The van der Waals surface area contributed by atoms with Crippen LogP contribution in [-0.2, 0) is 29.5 Å². The molecule has 0 radical (unpaired) electrons. The van der Waals surface area contributed by atoms with Gasteiger partial charge >= 0.3 is 0 Å². The molecule has 0 bridgehead atoms. The molecule has 0 amide bonds. The number of nitrogens with one attached hydrogen (secondary N) is 1. The zero-order chi connectivity index (χ0) is 14.2. The minimum absolute atomic E-state index is 0.0291. The molecule has 1 N–H and O–H groups in total. The summed E-state index contributed by atoms with van der Waals surface area (Å²) in [6, 6.07) is 5.23. The van der Waals surface area contributed by atoms with Gasteiger partial charge < -0.3 is 9.73 Å². The largest absolute Gasteiger partial charge is 0.447 e. The van der Waals surface area contributed by atoms with Crippen LogP contribution in [0.1, 0.15) is 16.2 Å². The third-order valence-electron chi connectivity index (χ3n) is 3.35. The fraction of sp³-hybridized carbons (Fsp3) is 0.385. The van der Waals surface area contributed by atoms with Crippen LogP contribution in [0.25, 0.3) is 0 Å². The molecule has 0 saturated carbocycles. The van der Waals surface area contributed by atoms with Gasteiger partial charge in [-0.1, -0.05) is 0 Å². The monoisotopic (exact) mass is 312 g/mol. The third-order valence-corrected chi connectivity index (χ3v) is 6.10. The highest BCUT2D eigenvalue weighted by Gasteiger charge is 2.31. The zero-order valence-electron chi connectivity index (χ0n) is 11.1. The SMILES string of the molecule is CNCc1ccc(S(=O)(=O)N2CCc3sccc3C2)o1. The lowest BCUT2D eigenvalue weighted by molar-refractivity contribution is 0.355. The molecule has 20 heavy (non-hydrogen) atoms. The fourth-order valence-electron chi connectivity index (χ4n) is 2.32. The first-order valence-corrected chi connectivity index (χ1v) is 8.72. The molecule has 1 aliphatic rings. The van der Waals surface area contributed by atoms with Gasteiger partial charge in [0, 0.05) is 18.0 Å². The first-order valence-electron chi connectivity index (χ1n) is 6.40. The van der Waals surface area contributed by atoms with Crippen molar-refractivity contribution in [1.82, 2.24) is 9.62 Å². The second kappa shape index (κ2) is 5.33. The Bertz CT molecular complexity index is 703. The zero-order valence-corrected chi connectivity index (χ0v) is 12.8. The highest BCUT2D eigenvalue weighted by Crippen LogP contribution is 2.28. The van der Waals surface area contributed by atoms with E-state index in [9.17, 15) is 8.42 Å². The summed E-state index contributed by atoms with van der Waals surface area (Å²) < 4.78 is 32.0. The summed E-state index contributed by atoms with van der Waals surface area (Å²) in [4.78, 5) is 1.28. The van der Waals surface area contributed by atoms with Crippen molar-refractivity contribution in [3.8, 4) is 0 Å². The van der Waals surface area contributed by atoms with Crippen LogP contribution in [0.3, 0.4) is 0 Å². The number of sulfonamides is 1. The van der Waals surface area contributed by atoms with Gasteiger partial charge in [-0.15, -0.1) is 11.3 Å². The normalized spacial score (nSPS) is 16.2. The molecule has 0 aromatic carbocycles. The number of furan rings is 1. The van der Waals surface area contributed by atoms with Crippen molar-refractivity contribution in [2.24, 2.45) is 0 Å². The van der Waals surface area contributed by atoms with Crippen molar-refractivity contribution < 1.29 is 12.8 Å². The average Bonchev–Trinajstić information content (AvgIpc) is 3.06. The molecule has 0 saturated heterocycles. The first-order chi connectivity index (χ1) is 9.61. The Morgan fingerprint density at radius 3 is 3.05 bits per heavy atom. The minimum atomic E-state index is -3.54. The van der Waals surface area contributed by atoms with Gasteiger partial charge in [0.2, 0.25) is 5.09 Å². The maximum absolute atomic E-state index is 12.6. The topological polar surface area (TPSA) is 62.6 Å². The van der Waals surface area contributed by atoms with E-state index in [1.807, 2.05) is 11.4 Å². The quantitative estimate of drug-likeness (QED) is 0.935. The van der Waals surface area contributed by atoms with E-state index in [1.54, 1.807) is 24.5 Å². The van der Waals surface area contributed by atoms with E-state index < -0.39 is 10.0 Å². The van der Waals surface area contributed by atoms with E-state index in [0.29, 0.717) is 25.4 Å². The lowest BCUT2D eigenvalue weighted by atomic mass is 10.1. The summed E-state index contributed by atoms with van der Waals surface area (Å²) in [5.41, 5.74) is 1.10. The van der Waals surface area contributed by atoms with Gasteiger partial charge in [-0.2, -0.15) is 4.31 Å². The second-order valence-electron chi connectivity index (χ2n) is 4.71. The molecular weight excluding hydrogens is 296 g/mol. The van der Waals surface area contributed by atoms with Crippen molar-refractivity contribution in [3.63, 3.8) is 0 Å². The molecule has 0 spiro atoms. The molecule has 2 aromatic heterocycles. The molecule has 0 aliphatic carbocycles. The van der Waals surface area contributed by atoms with Gasteiger partial charge in [0.1, 0.15) is 5.76 Å². The Balaban J connectivity index is 1.85.